The van der Waals surface area contributed by atoms with E-state index in [2.05, 4.69) is 44.3 Å². The second-order valence-corrected chi connectivity index (χ2v) is 6.58. The van der Waals surface area contributed by atoms with Crippen LogP contribution in [0.15, 0.2) is 48.5 Å². The van der Waals surface area contributed by atoms with E-state index in [1.54, 1.807) is 12.1 Å². The SMILES string of the molecule is Cc1cccc(C(C)(C)CNC(=O)CCOc2ccc(F)cc2)c1. The van der Waals surface area contributed by atoms with Crippen molar-refractivity contribution >= 4 is 5.91 Å². The zero-order chi connectivity index (χ0) is 17.6. The van der Waals surface area contributed by atoms with E-state index in [0.29, 0.717) is 12.3 Å². The quantitative estimate of drug-likeness (QED) is 0.834. The van der Waals surface area contributed by atoms with Crippen LogP contribution < -0.4 is 10.1 Å². The predicted molar refractivity (Wildman–Crippen MR) is 93.7 cm³/mol. The summed E-state index contributed by atoms with van der Waals surface area (Å²) >= 11 is 0. The van der Waals surface area contributed by atoms with Crippen molar-refractivity contribution in [3.05, 3.63) is 65.5 Å². The standard InChI is InChI=1S/C20H24FNO2/c1-15-5-4-6-16(13-15)20(2,3)14-22-19(23)11-12-24-18-9-7-17(21)8-10-18/h4-10,13H,11-12,14H2,1-3H3,(H,22,23). The number of ether oxygens (including phenoxy) is 1. The van der Waals surface area contributed by atoms with Crippen molar-refractivity contribution < 1.29 is 13.9 Å². The molecule has 0 spiro atoms. The van der Waals surface area contributed by atoms with Gasteiger partial charge in [0.15, 0.2) is 0 Å². The summed E-state index contributed by atoms with van der Waals surface area (Å²) in [4.78, 5) is 12.0. The molecule has 0 aliphatic heterocycles. The van der Waals surface area contributed by atoms with E-state index in [4.69, 9.17) is 4.74 Å². The summed E-state index contributed by atoms with van der Waals surface area (Å²) in [6.07, 6.45) is 0.265. The van der Waals surface area contributed by atoms with Crippen molar-refractivity contribution in [1.29, 1.82) is 0 Å². The van der Waals surface area contributed by atoms with Crippen LogP contribution in [0.4, 0.5) is 4.39 Å². The lowest BCUT2D eigenvalue weighted by molar-refractivity contribution is -0.121. The molecule has 4 heteroatoms. The summed E-state index contributed by atoms with van der Waals surface area (Å²) < 4.78 is 18.2. The summed E-state index contributed by atoms with van der Waals surface area (Å²) in [6, 6.07) is 14.1. The molecule has 2 aromatic rings. The van der Waals surface area contributed by atoms with E-state index < -0.39 is 0 Å². The minimum absolute atomic E-state index is 0.0576. The van der Waals surface area contributed by atoms with Crippen LogP contribution in [0.5, 0.6) is 5.75 Å². The monoisotopic (exact) mass is 329 g/mol. The first-order chi connectivity index (χ1) is 11.4. The molecule has 0 aliphatic carbocycles. The third-order valence-electron chi connectivity index (χ3n) is 3.94. The topological polar surface area (TPSA) is 38.3 Å². The van der Waals surface area contributed by atoms with Crippen LogP contribution >= 0.6 is 0 Å². The molecule has 0 saturated heterocycles. The van der Waals surface area contributed by atoms with Gasteiger partial charge in [0.25, 0.3) is 0 Å². The molecule has 1 N–H and O–H groups in total. The van der Waals surface area contributed by atoms with Gasteiger partial charge >= 0.3 is 0 Å². The number of benzene rings is 2. The molecule has 0 aliphatic rings. The van der Waals surface area contributed by atoms with Gasteiger partial charge < -0.3 is 10.1 Å². The fraction of sp³-hybridized carbons (Fsp3) is 0.350. The summed E-state index contributed by atoms with van der Waals surface area (Å²) in [5, 5.41) is 2.96. The van der Waals surface area contributed by atoms with Crippen LogP contribution in [0.3, 0.4) is 0 Å². The van der Waals surface area contributed by atoms with Crippen LogP contribution in [0.2, 0.25) is 0 Å². The number of carbonyl (C=O) groups excluding carboxylic acids is 1. The van der Waals surface area contributed by atoms with Gasteiger partial charge in [0.1, 0.15) is 11.6 Å². The summed E-state index contributed by atoms with van der Waals surface area (Å²) in [5.41, 5.74) is 2.27. The Balaban J connectivity index is 1.77. The minimum atomic E-state index is -0.307. The number of hydrogen-bond donors (Lipinski definition) is 1. The molecule has 128 valence electrons. The highest BCUT2D eigenvalue weighted by Crippen LogP contribution is 2.23. The third-order valence-corrected chi connectivity index (χ3v) is 3.94. The van der Waals surface area contributed by atoms with Crippen molar-refractivity contribution in [1.82, 2.24) is 5.32 Å². The Bertz CT molecular complexity index is 680. The zero-order valence-corrected chi connectivity index (χ0v) is 14.4. The van der Waals surface area contributed by atoms with Crippen LogP contribution in [-0.2, 0) is 10.2 Å². The van der Waals surface area contributed by atoms with Gasteiger partial charge in [-0.25, -0.2) is 4.39 Å². The molecule has 0 heterocycles. The lowest BCUT2D eigenvalue weighted by Crippen LogP contribution is -2.37. The van der Waals surface area contributed by atoms with Crippen molar-refractivity contribution in [2.45, 2.75) is 32.6 Å². The number of rotatable bonds is 7. The number of halogens is 1. The van der Waals surface area contributed by atoms with E-state index in [9.17, 15) is 9.18 Å². The highest BCUT2D eigenvalue weighted by atomic mass is 19.1. The predicted octanol–water partition coefficient (Wildman–Crippen LogP) is 4.00. The first-order valence-electron chi connectivity index (χ1n) is 8.09. The van der Waals surface area contributed by atoms with Gasteiger partial charge in [-0.05, 0) is 36.8 Å². The molecule has 0 unspecified atom stereocenters. The molecular formula is C20H24FNO2. The van der Waals surface area contributed by atoms with Crippen LogP contribution in [0.1, 0.15) is 31.4 Å². The average Bonchev–Trinajstić information content (AvgIpc) is 2.55. The Morgan fingerprint density at radius 1 is 1.17 bits per heavy atom. The molecule has 0 fully saturated rings. The van der Waals surface area contributed by atoms with Crippen molar-refractivity contribution in [2.75, 3.05) is 13.2 Å². The molecule has 0 atom stereocenters. The van der Waals surface area contributed by atoms with Crippen molar-refractivity contribution in [3.8, 4) is 5.75 Å². The average molecular weight is 329 g/mol. The van der Waals surface area contributed by atoms with Gasteiger partial charge in [-0.3, -0.25) is 4.79 Å². The van der Waals surface area contributed by atoms with Crippen LogP contribution in [-0.4, -0.2) is 19.1 Å². The molecule has 24 heavy (non-hydrogen) atoms. The summed E-state index contributed by atoms with van der Waals surface area (Å²) in [7, 11) is 0. The molecular weight excluding hydrogens is 305 g/mol. The molecule has 1 amide bonds. The minimum Gasteiger partial charge on any atom is -0.493 e. The van der Waals surface area contributed by atoms with Crippen molar-refractivity contribution in [2.24, 2.45) is 0 Å². The first-order valence-corrected chi connectivity index (χ1v) is 8.09. The molecule has 2 rings (SSSR count). The number of carbonyl (C=O) groups is 1. The molecule has 3 nitrogen and oxygen atoms in total. The zero-order valence-electron chi connectivity index (χ0n) is 14.4. The number of amides is 1. The third kappa shape index (κ3) is 5.37. The van der Waals surface area contributed by atoms with E-state index in [-0.39, 0.29) is 30.2 Å². The summed E-state index contributed by atoms with van der Waals surface area (Å²) in [6.45, 7) is 7.10. The molecule has 0 aromatic heterocycles. The Hall–Kier alpha value is -2.36. The van der Waals surface area contributed by atoms with Gasteiger partial charge in [0.05, 0.1) is 13.0 Å². The lowest BCUT2D eigenvalue weighted by Gasteiger charge is -2.26. The summed E-state index contributed by atoms with van der Waals surface area (Å²) in [5.74, 6) is 0.195. The molecule has 0 bridgehead atoms. The van der Waals surface area contributed by atoms with Crippen LogP contribution in [0, 0.1) is 12.7 Å². The van der Waals surface area contributed by atoms with Gasteiger partial charge in [-0.2, -0.15) is 0 Å². The Morgan fingerprint density at radius 3 is 2.54 bits per heavy atom. The van der Waals surface area contributed by atoms with Gasteiger partial charge in [0, 0.05) is 12.0 Å². The largest absolute Gasteiger partial charge is 0.493 e. The van der Waals surface area contributed by atoms with Gasteiger partial charge in [-0.1, -0.05) is 43.7 Å². The van der Waals surface area contributed by atoms with Gasteiger partial charge in [-0.15, -0.1) is 0 Å². The second kappa shape index (κ2) is 7.95. The fourth-order valence-corrected chi connectivity index (χ4v) is 2.37. The van der Waals surface area contributed by atoms with E-state index in [0.717, 1.165) is 0 Å². The number of hydrogen-bond acceptors (Lipinski definition) is 2. The maximum absolute atomic E-state index is 12.8. The Kier molecular flexibility index (Phi) is 5.96. The smallest absolute Gasteiger partial charge is 0.223 e. The maximum Gasteiger partial charge on any atom is 0.223 e. The Labute approximate surface area is 142 Å². The maximum atomic E-state index is 12.8. The fourth-order valence-electron chi connectivity index (χ4n) is 2.37. The number of nitrogens with one attached hydrogen (secondary N) is 1. The van der Waals surface area contributed by atoms with E-state index >= 15 is 0 Å². The highest BCUT2D eigenvalue weighted by molar-refractivity contribution is 5.76. The highest BCUT2D eigenvalue weighted by Gasteiger charge is 2.21. The van der Waals surface area contributed by atoms with E-state index in [1.165, 1.54) is 23.3 Å². The van der Waals surface area contributed by atoms with Gasteiger partial charge in [0.2, 0.25) is 5.91 Å². The van der Waals surface area contributed by atoms with Crippen LogP contribution in [0.25, 0.3) is 0 Å². The first kappa shape index (κ1) is 18.0. The molecule has 2 aromatic carbocycles. The molecule has 0 saturated carbocycles. The lowest BCUT2D eigenvalue weighted by atomic mass is 9.84. The Morgan fingerprint density at radius 2 is 1.88 bits per heavy atom. The second-order valence-electron chi connectivity index (χ2n) is 6.58. The molecule has 0 radical (unpaired) electrons. The van der Waals surface area contributed by atoms with Crippen molar-refractivity contribution in [3.63, 3.8) is 0 Å². The number of aryl methyl sites for hydroxylation is 1. The van der Waals surface area contributed by atoms with E-state index in [1.807, 2.05) is 6.07 Å². The normalized spacial score (nSPS) is 11.2.